The molecule has 1 aromatic carbocycles. The second-order valence-corrected chi connectivity index (χ2v) is 6.31. The van der Waals surface area contributed by atoms with E-state index in [0.717, 1.165) is 11.8 Å². The molecule has 21 heavy (non-hydrogen) atoms. The molecular formula is C21H38. The monoisotopic (exact) mass is 290 g/mol. The second-order valence-electron chi connectivity index (χ2n) is 6.31. The molecule has 0 unspecified atom stereocenters. The Balaban J connectivity index is 0.000000921. The molecule has 0 saturated heterocycles. The highest BCUT2D eigenvalue weighted by atomic mass is 14.4. The maximum Gasteiger partial charge on any atom is -0.0245 e. The maximum absolute atomic E-state index is 2.41. The van der Waals surface area contributed by atoms with Gasteiger partial charge >= 0.3 is 0 Å². The van der Waals surface area contributed by atoms with Gasteiger partial charge in [0.15, 0.2) is 0 Å². The molecule has 0 radical (unpaired) electrons. The minimum Gasteiger partial charge on any atom is -0.0683 e. The SMILES string of the molecule is CC.CC.CC(C)C1(C(C)C)CCc2ccccc2CC1. The lowest BCUT2D eigenvalue weighted by molar-refractivity contribution is 0.0897. The predicted octanol–water partition coefficient (Wildman–Crippen LogP) is 6.92. The summed E-state index contributed by atoms with van der Waals surface area (Å²) in [6, 6.07) is 9.03. The van der Waals surface area contributed by atoms with Crippen LogP contribution >= 0.6 is 0 Å². The van der Waals surface area contributed by atoms with Crippen LogP contribution in [-0.2, 0) is 12.8 Å². The van der Waals surface area contributed by atoms with E-state index in [-0.39, 0.29) is 0 Å². The fourth-order valence-electron chi connectivity index (χ4n) is 3.73. The molecule has 0 nitrogen and oxygen atoms in total. The molecule has 0 heteroatoms. The van der Waals surface area contributed by atoms with E-state index in [0.29, 0.717) is 5.41 Å². The van der Waals surface area contributed by atoms with Crippen molar-refractivity contribution in [2.75, 3.05) is 0 Å². The Hall–Kier alpha value is -0.780. The number of fused-ring (bicyclic) bond motifs is 1. The summed E-state index contributed by atoms with van der Waals surface area (Å²) in [6.45, 7) is 17.7. The summed E-state index contributed by atoms with van der Waals surface area (Å²) in [4.78, 5) is 0. The Morgan fingerprint density at radius 1 is 0.714 bits per heavy atom. The van der Waals surface area contributed by atoms with E-state index >= 15 is 0 Å². The quantitative estimate of drug-likeness (QED) is 0.519. The third-order valence-corrected chi connectivity index (χ3v) is 5.14. The van der Waals surface area contributed by atoms with Gasteiger partial charge in [-0.2, -0.15) is 0 Å². The van der Waals surface area contributed by atoms with Crippen LogP contribution in [0, 0.1) is 17.3 Å². The lowest BCUT2D eigenvalue weighted by atomic mass is 9.64. The number of hydrogen-bond donors (Lipinski definition) is 0. The standard InChI is InChI=1S/C17H26.2C2H6/c1-13(2)17(14(3)4)11-9-15-7-5-6-8-16(15)10-12-17;2*1-2/h5-8,13-14H,9-12H2,1-4H3;2*1-2H3. The number of aryl methyl sites for hydroxylation is 2. The average molecular weight is 291 g/mol. The second kappa shape index (κ2) is 10.0. The summed E-state index contributed by atoms with van der Waals surface area (Å²) < 4.78 is 0. The first-order valence-electron chi connectivity index (χ1n) is 9.13. The number of benzene rings is 1. The predicted molar refractivity (Wildman–Crippen MR) is 97.9 cm³/mol. The molecule has 0 fully saturated rings. The number of hydrogen-bond acceptors (Lipinski definition) is 0. The van der Waals surface area contributed by atoms with Crippen LogP contribution in [-0.4, -0.2) is 0 Å². The van der Waals surface area contributed by atoms with Gasteiger partial charge in [-0.15, -0.1) is 0 Å². The molecule has 1 aliphatic carbocycles. The van der Waals surface area contributed by atoms with E-state index in [1.807, 2.05) is 27.7 Å². The fraction of sp³-hybridized carbons (Fsp3) is 0.714. The van der Waals surface area contributed by atoms with Crippen LogP contribution in [0.15, 0.2) is 24.3 Å². The van der Waals surface area contributed by atoms with E-state index in [1.165, 1.54) is 25.7 Å². The van der Waals surface area contributed by atoms with Crippen molar-refractivity contribution in [3.8, 4) is 0 Å². The molecule has 122 valence electrons. The summed E-state index contributed by atoms with van der Waals surface area (Å²) in [6.07, 6.45) is 5.26. The van der Waals surface area contributed by atoms with E-state index in [1.54, 1.807) is 11.1 Å². The molecule has 0 bridgehead atoms. The zero-order valence-electron chi connectivity index (χ0n) is 15.8. The van der Waals surface area contributed by atoms with Gasteiger partial charge in [-0.05, 0) is 54.1 Å². The molecule has 1 aromatic rings. The van der Waals surface area contributed by atoms with Gasteiger partial charge in [-0.1, -0.05) is 79.7 Å². The number of rotatable bonds is 2. The van der Waals surface area contributed by atoms with Crippen molar-refractivity contribution >= 4 is 0 Å². The summed E-state index contributed by atoms with van der Waals surface area (Å²) in [7, 11) is 0. The van der Waals surface area contributed by atoms with Crippen LogP contribution in [0.25, 0.3) is 0 Å². The Morgan fingerprint density at radius 2 is 1.05 bits per heavy atom. The Bertz CT molecular complexity index is 336. The van der Waals surface area contributed by atoms with Crippen LogP contribution in [0.4, 0.5) is 0 Å². The largest absolute Gasteiger partial charge is 0.0683 e. The average Bonchev–Trinajstić information content (AvgIpc) is 2.72. The molecule has 0 saturated carbocycles. The molecule has 0 atom stereocenters. The zero-order chi connectivity index (χ0) is 16.5. The molecule has 2 rings (SSSR count). The third kappa shape index (κ3) is 4.87. The summed E-state index contributed by atoms with van der Waals surface area (Å²) in [5, 5.41) is 0. The molecule has 0 heterocycles. The van der Waals surface area contributed by atoms with Crippen molar-refractivity contribution in [1.29, 1.82) is 0 Å². The summed E-state index contributed by atoms with van der Waals surface area (Å²) in [5.41, 5.74) is 3.73. The van der Waals surface area contributed by atoms with Gasteiger partial charge in [0.2, 0.25) is 0 Å². The maximum atomic E-state index is 2.41. The van der Waals surface area contributed by atoms with Crippen molar-refractivity contribution in [2.45, 2.75) is 81.1 Å². The normalized spacial score (nSPS) is 16.1. The highest BCUT2D eigenvalue weighted by Crippen LogP contribution is 2.46. The van der Waals surface area contributed by atoms with Gasteiger partial charge in [0.1, 0.15) is 0 Å². The Kier molecular flexibility index (Phi) is 9.66. The van der Waals surface area contributed by atoms with Crippen molar-refractivity contribution in [3.05, 3.63) is 35.4 Å². The third-order valence-electron chi connectivity index (χ3n) is 5.14. The molecule has 1 aliphatic rings. The molecule has 0 aliphatic heterocycles. The first-order chi connectivity index (χ1) is 10.1. The minimum atomic E-state index is 0.541. The molecule has 0 aromatic heterocycles. The van der Waals surface area contributed by atoms with E-state index in [9.17, 15) is 0 Å². The van der Waals surface area contributed by atoms with Crippen LogP contribution in [0.2, 0.25) is 0 Å². The first kappa shape index (κ1) is 20.2. The van der Waals surface area contributed by atoms with Gasteiger partial charge in [0, 0.05) is 0 Å². The Morgan fingerprint density at radius 3 is 1.33 bits per heavy atom. The lowest BCUT2D eigenvalue weighted by Crippen LogP contribution is -2.33. The molecule has 0 spiro atoms. The van der Waals surface area contributed by atoms with Crippen LogP contribution in [0.3, 0.4) is 0 Å². The van der Waals surface area contributed by atoms with Crippen molar-refractivity contribution in [3.63, 3.8) is 0 Å². The molecule has 0 N–H and O–H groups in total. The van der Waals surface area contributed by atoms with Gasteiger partial charge in [0.05, 0.1) is 0 Å². The van der Waals surface area contributed by atoms with Crippen molar-refractivity contribution < 1.29 is 0 Å². The summed E-state index contributed by atoms with van der Waals surface area (Å²) in [5.74, 6) is 1.58. The van der Waals surface area contributed by atoms with Gasteiger partial charge in [-0.3, -0.25) is 0 Å². The van der Waals surface area contributed by atoms with Gasteiger partial charge in [0.25, 0.3) is 0 Å². The van der Waals surface area contributed by atoms with E-state index in [4.69, 9.17) is 0 Å². The fourth-order valence-corrected chi connectivity index (χ4v) is 3.73. The van der Waals surface area contributed by atoms with Crippen molar-refractivity contribution in [2.24, 2.45) is 17.3 Å². The topological polar surface area (TPSA) is 0 Å². The van der Waals surface area contributed by atoms with Crippen LogP contribution in [0.1, 0.15) is 79.4 Å². The molecule has 0 amide bonds. The van der Waals surface area contributed by atoms with E-state index in [2.05, 4.69) is 52.0 Å². The minimum absolute atomic E-state index is 0.541. The van der Waals surface area contributed by atoms with Gasteiger partial charge < -0.3 is 0 Å². The van der Waals surface area contributed by atoms with Crippen molar-refractivity contribution in [1.82, 2.24) is 0 Å². The van der Waals surface area contributed by atoms with Crippen LogP contribution < -0.4 is 0 Å². The Labute approximate surface area is 134 Å². The smallest absolute Gasteiger partial charge is 0.0245 e. The highest BCUT2D eigenvalue weighted by molar-refractivity contribution is 5.29. The highest BCUT2D eigenvalue weighted by Gasteiger charge is 2.37. The first-order valence-corrected chi connectivity index (χ1v) is 9.13. The van der Waals surface area contributed by atoms with Gasteiger partial charge in [-0.25, -0.2) is 0 Å². The zero-order valence-corrected chi connectivity index (χ0v) is 15.8. The van der Waals surface area contributed by atoms with Crippen LogP contribution in [0.5, 0.6) is 0 Å². The lowest BCUT2D eigenvalue weighted by Gasteiger charge is -2.41. The molecular weight excluding hydrogens is 252 g/mol. The van der Waals surface area contributed by atoms with E-state index < -0.39 is 0 Å². The summed E-state index contributed by atoms with van der Waals surface area (Å²) >= 11 is 0.